The number of hydroxylamine groups is 2. The van der Waals surface area contributed by atoms with Crippen LogP contribution < -0.4 is 0 Å². The average Bonchev–Trinajstić information content (AvgIpc) is 3.24. The Kier molecular flexibility index (Phi) is 3.29. The standard InChI is InChI=1S/C11H11N5O7S/c17-11-15-5-6(16(11)23-24(18,19)20)1-2-8(15)10-13-12-9(22-10)7-3-4-21-14-7/h3-4,6,8H,1-2,5H2,(H,18,19,20)/t6-,8?/m1/s1. The van der Waals surface area contributed by atoms with Crippen molar-refractivity contribution in [1.82, 2.24) is 25.3 Å². The van der Waals surface area contributed by atoms with Gasteiger partial charge in [0.25, 0.3) is 5.89 Å². The van der Waals surface area contributed by atoms with Gasteiger partial charge in [-0.2, -0.15) is 13.5 Å². The molecular formula is C11H11N5O7S. The van der Waals surface area contributed by atoms with Crippen LogP contribution in [0.2, 0.25) is 0 Å². The summed E-state index contributed by atoms with van der Waals surface area (Å²) in [6, 6.07) is -0.136. The lowest BCUT2D eigenvalue weighted by Crippen LogP contribution is -2.35. The summed E-state index contributed by atoms with van der Waals surface area (Å²) in [5.41, 5.74) is 0.367. The SMILES string of the molecule is O=C1N2C[C@@H](CCC2c2nnc(-c3ccon3)o2)N1OS(=O)(=O)O. The highest BCUT2D eigenvalue weighted by atomic mass is 32.3. The number of rotatable bonds is 4. The second kappa shape index (κ2) is 5.25. The van der Waals surface area contributed by atoms with Gasteiger partial charge in [-0.05, 0) is 12.8 Å². The first-order valence-electron chi connectivity index (χ1n) is 6.93. The monoisotopic (exact) mass is 357 g/mol. The van der Waals surface area contributed by atoms with E-state index < -0.39 is 28.5 Å². The van der Waals surface area contributed by atoms with Crippen LogP contribution in [0.1, 0.15) is 24.8 Å². The summed E-state index contributed by atoms with van der Waals surface area (Å²) in [7, 11) is -4.78. The molecule has 13 heteroatoms. The molecule has 2 fully saturated rings. The van der Waals surface area contributed by atoms with Gasteiger partial charge in [0.15, 0.2) is 5.69 Å². The van der Waals surface area contributed by atoms with Crippen molar-refractivity contribution in [1.29, 1.82) is 0 Å². The van der Waals surface area contributed by atoms with E-state index in [0.717, 1.165) is 0 Å². The highest BCUT2D eigenvalue weighted by Gasteiger charge is 2.49. The fourth-order valence-corrected chi connectivity index (χ4v) is 3.27. The summed E-state index contributed by atoms with van der Waals surface area (Å²) < 4.78 is 45.1. The molecule has 1 unspecified atom stereocenters. The van der Waals surface area contributed by atoms with Crippen LogP contribution in [0.5, 0.6) is 0 Å². The normalized spacial score (nSPS) is 24.0. The Labute approximate surface area is 134 Å². The minimum absolute atomic E-state index is 0.151. The molecule has 0 spiro atoms. The molecule has 2 saturated heterocycles. The molecule has 2 atom stereocenters. The molecule has 0 aliphatic carbocycles. The van der Waals surface area contributed by atoms with E-state index in [2.05, 4.69) is 19.6 Å². The maximum atomic E-state index is 12.3. The van der Waals surface area contributed by atoms with Crippen LogP contribution in [0.15, 0.2) is 21.3 Å². The molecule has 2 bridgehead atoms. The lowest BCUT2D eigenvalue weighted by molar-refractivity contribution is -0.0317. The zero-order valence-electron chi connectivity index (χ0n) is 12.0. The highest BCUT2D eigenvalue weighted by Crippen LogP contribution is 2.38. The van der Waals surface area contributed by atoms with Crippen molar-refractivity contribution in [2.45, 2.75) is 24.9 Å². The van der Waals surface area contributed by atoms with Crippen LogP contribution in [-0.4, -0.2) is 56.9 Å². The first-order chi connectivity index (χ1) is 11.4. The molecule has 2 aromatic rings. The second-order valence-electron chi connectivity index (χ2n) is 5.34. The van der Waals surface area contributed by atoms with Crippen LogP contribution in [0.4, 0.5) is 4.79 Å². The first kappa shape index (κ1) is 15.0. The summed E-state index contributed by atoms with van der Waals surface area (Å²) in [5.74, 6) is 0.354. The van der Waals surface area contributed by atoms with Gasteiger partial charge in [0.1, 0.15) is 12.3 Å². The molecule has 0 saturated carbocycles. The van der Waals surface area contributed by atoms with Gasteiger partial charge < -0.3 is 13.8 Å². The van der Waals surface area contributed by atoms with E-state index in [-0.39, 0.29) is 18.3 Å². The maximum Gasteiger partial charge on any atom is 0.418 e. The van der Waals surface area contributed by atoms with Crippen molar-refractivity contribution in [3.63, 3.8) is 0 Å². The number of aromatic nitrogens is 3. The van der Waals surface area contributed by atoms with Gasteiger partial charge in [0, 0.05) is 12.6 Å². The molecule has 128 valence electrons. The molecule has 12 nitrogen and oxygen atoms in total. The van der Waals surface area contributed by atoms with Gasteiger partial charge in [-0.3, -0.25) is 4.55 Å². The topological polar surface area (TPSA) is 152 Å². The summed E-state index contributed by atoms with van der Waals surface area (Å²) in [4.78, 5) is 13.7. The van der Waals surface area contributed by atoms with Crippen molar-refractivity contribution in [2.75, 3.05) is 6.54 Å². The Bertz CT molecular complexity index is 863. The predicted octanol–water partition coefficient (Wildman–Crippen LogP) is 0.400. The van der Waals surface area contributed by atoms with Crippen molar-refractivity contribution >= 4 is 16.4 Å². The molecular weight excluding hydrogens is 346 g/mol. The zero-order valence-corrected chi connectivity index (χ0v) is 12.8. The molecule has 0 radical (unpaired) electrons. The van der Waals surface area contributed by atoms with Crippen molar-refractivity contribution in [3.8, 4) is 11.6 Å². The van der Waals surface area contributed by atoms with Crippen LogP contribution in [0.3, 0.4) is 0 Å². The van der Waals surface area contributed by atoms with Crippen molar-refractivity contribution < 1.29 is 31.0 Å². The van der Waals surface area contributed by atoms with Crippen LogP contribution in [0, 0.1) is 0 Å². The number of fused-ring (bicyclic) bond motifs is 2. The van der Waals surface area contributed by atoms with Gasteiger partial charge in [0.05, 0.1) is 6.04 Å². The van der Waals surface area contributed by atoms with E-state index in [1.165, 1.54) is 11.2 Å². The van der Waals surface area contributed by atoms with Crippen molar-refractivity contribution in [3.05, 3.63) is 18.2 Å². The number of carbonyl (C=O) groups is 1. The van der Waals surface area contributed by atoms with E-state index in [1.54, 1.807) is 6.07 Å². The minimum Gasteiger partial charge on any atom is -0.417 e. The fraction of sp³-hybridized carbons (Fsp3) is 0.455. The van der Waals surface area contributed by atoms with E-state index in [4.69, 9.17) is 13.5 Å². The summed E-state index contributed by atoms with van der Waals surface area (Å²) in [5, 5.41) is 12.1. The van der Waals surface area contributed by atoms with Crippen LogP contribution in [0.25, 0.3) is 11.6 Å². The van der Waals surface area contributed by atoms with E-state index in [9.17, 15) is 13.2 Å². The Morgan fingerprint density at radius 2 is 2.17 bits per heavy atom. The second-order valence-corrected chi connectivity index (χ2v) is 6.34. The number of piperidine rings is 1. The van der Waals surface area contributed by atoms with Gasteiger partial charge in [-0.25, -0.2) is 4.79 Å². The van der Waals surface area contributed by atoms with E-state index >= 15 is 0 Å². The third-order valence-corrected chi connectivity index (χ3v) is 4.23. The third-order valence-electron chi connectivity index (χ3n) is 3.88. The predicted molar refractivity (Wildman–Crippen MR) is 72.1 cm³/mol. The van der Waals surface area contributed by atoms with Crippen molar-refractivity contribution in [2.24, 2.45) is 0 Å². The fourth-order valence-electron chi connectivity index (χ4n) is 2.88. The largest absolute Gasteiger partial charge is 0.418 e. The molecule has 0 aromatic carbocycles. The smallest absolute Gasteiger partial charge is 0.417 e. The number of nitrogens with zero attached hydrogens (tertiary/aromatic N) is 5. The maximum absolute atomic E-state index is 12.3. The minimum atomic E-state index is -4.78. The molecule has 2 amide bonds. The van der Waals surface area contributed by atoms with Gasteiger partial charge in [0.2, 0.25) is 5.89 Å². The lowest BCUT2D eigenvalue weighted by atomic mass is 10.0. The molecule has 24 heavy (non-hydrogen) atoms. The number of carbonyl (C=O) groups excluding carboxylic acids is 1. The molecule has 4 heterocycles. The summed E-state index contributed by atoms with van der Waals surface area (Å²) >= 11 is 0. The lowest BCUT2D eigenvalue weighted by Gasteiger charge is -2.27. The molecule has 2 aliphatic rings. The first-order valence-corrected chi connectivity index (χ1v) is 8.30. The molecule has 1 N–H and O–H groups in total. The van der Waals surface area contributed by atoms with Crippen LogP contribution >= 0.6 is 0 Å². The number of amides is 2. The Balaban J connectivity index is 1.58. The Hall–Kier alpha value is -2.51. The summed E-state index contributed by atoms with van der Waals surface area (Å²) in [6.07, 6.45) is 2.28. The molecule has 2 aliphatic heterocycles. The third kappa shape index (κ3) is 2.51. The Morgan fingerprint density at radius 1 is 1.33 bits per heavy atom. The Morgan fingerprint density at radius 3 is 2.88 bits per heavy atom. The number of hydrogen-bond acceptors (Lipinski definition) is 9. The molecule has 2 aromatic heterocycles. The number of hydrogen-bond donors (Lipinski definition) is 1. The van der Waals surface area contributed by atoms with E-state index in [0.29, 0.717) is 23.6 Å². The molecule has 4 rings (SSSR count). The zero-order chi connectivity index (χ0) is 16.9. The highest BCUT2D eigenvalue weighted by molar-refractivity contribution is 7.80. The summed E-state index contributed by atoms with van der Waals surface area (Å²) in [6.45, 7) is 0.223. The quantitative estimate of drug-likeness (QED) is 0.761. The van der Waals surface area contributed by atoms with Crippen LogP contribution in [-0.2, 0) is 14.7 Å². The number of urea groups is 1. The average molecular weight is 357 g/mol. The van der Waals surface area contributed by atoms with Gasteiger partial charge in [-0.1, -0.05) is 5.16 Å². The van der Waals surface area contributed by atoms with E-state index in [1.807, 2.05) is 0 Å². The van der Waals surface area contributed by atoms with Gasteiger partial charge >= 0.3 is 16.4 Å². The van der Waals surface area contributed by atoms with Gasteiger partial charge in [-0.15, -0.1) is 14.5 Å².